The van der Waals surface area contributed by atoms with Crippen LogP contribution in [0.25, 0.3) is 10.2 Å². The molecule has 0 aliphatic heterocycles. The Bertz CT molecular complexity index is 709. The summed E-state index contributed by atoms with van der Waals surface area (Å²) < 4.78 is 0. The van der Waals surface area contributed by atoms with Crippen LogP contribution in [0.3, 0.4) is 0 Å². The lowest BCUT2D eigenvalue weighted by Gasteiger charge is -2.10. The van der Waals surface area contributed by atoms with Gasteiger partial charge >= 0.3 is 0 Å². The predicted molar refractivity (Wildman–Crippen MR) is 87.8 cm³/mol. The van der Waals surface area contributed by atoms with E-state index in [-0.39, 0.29) is 11.2 Å². The Kier molecular flexibility index (Phi) is 3.79. The number of nitrogens with two attached hydrogens (primary N) is 1. The van der Waals surface area contributed by atoms with Gasteiger partial charge in [-0.15, -0.1) is 11.3 Å². The van der Waals surface area contributed by atoms with Crippen LogP contribution in [0, 0.1) is 13.8 Å². The smallest absolute Gasteiger partial charge is 0.233 e. The second kappa shape index (κ2) is 5.46. The van der Waals surface area contributed by atoms with Crippen molar-refractivity contribution in [2.75, 3.05) is 5.73 Å². The molecule has 21 heavy (non-hydrogen) atoms. The van der Waals surface area contributed by atoms with Crippen LogP contribution in [-0.2, 0) is 4.79 Å². The second-order valence-corrected chi connectivity index (χ2v) is 7.91. The van der Waals surface area contributed by atoms with Gasteiger partial charge < -0.3 is 11.1 Å². The first-order chi connectivity index (χ1) is 9.95. The lowest BCUT2D eigenvalue weighted by Crippen LogP contribution is -2.32. The number of fused-ring (bicyclic) bond motifs is 1. The Morgan fingerprint density at radius 1 is 1.43 bits per heavy atom. The van der Waals surface area contributed by atoms with Crippen LogP contribution in [-0.4, -0.2) is 27.2 Å². The van der Waals surface area contributed by atoms with Crippen LogP contribution >= 0.6 is 23.1 Å². The Morgan fingerprint density at radius 2 is 2.14 bits per heavy atom. The van der Waals surface area contributed by atoms with Gasteiger partial charge in [0.1, 0.15) is 10.6 Å². The third-order valence-electron chi connectivity index (χ3n) is 3.61. The van der Waals surface area contributed by atoms with Gasteiger partial charge in [-0.3, -0.25) is 4.79 Å². The highest BCUT2D eigenvalue weighted by molar-refractivity contribution is 8.00. The van der Waals surface area contributed by atoms with Gasteiger partial charge in [0.2, 0.25) is 5.91 Å². The molecule has 0 saturated heterocycles. The third-order valence-corrected chi connectivity index (χ3v) is 5.67. The molecule has 112 valence electrons. The molecule has 1 fully saturated rings. The summed E-state index contributed by atoms with van der Waals surface area (Å²) in [5.74, 6) is 0.544. The van der Waals surface area contributed by atoms with Gasteiger partial charge in [-0.1, -0.05) is 11.8 Å². The molecule has 1 amide bonds. The normalized spacial score (nSPS) is 16.1. The number of thioether (sulfide) groups is 1. The van der Waals surface area contributed by atoms with E-state index < -0.39 is 0 Å². The van der Waals surface area contributed by atoms with Crippen molar-refractivity contribution in [1.82, 2.24) is 15.3 Å². The van der Waals surface area contributed by atoms with E-state index in [0.29, 0.717) is 17.0 Å². The summed E-state index contributed by atoms with van der Waals surface area (Å²) in [5, 5.41) is 4.29. The predicted octanol–water partition coefficient (Wildman–Crippen LogP) is 2.65. The number of nitrogen functional groups attached to an aromatic ring is 1. The first-order valence-corrected chi connectivity index (χ1v) is 8.65. The molecule has 0 aromatic carbocycles. The number of carbonyl (C=O) groups excluding carboxylic acids is 1. The molecule has 3 rings (SSSR count). The minimum atomic E-state index is -0.218. The highest BCUT2D eigenvalue weighted by Gasteiger charge is 2.26. The Balaban J connectivity index is 1.81. The van der Waals surface area contributed by atoms with Crippen molar-refractivity contribution in [2.45, 2.75) is 50.1 Å². The molecule has 1 unspecified atom stereocenters. The summed E-state index contributed by atoms with van der Waals surface area (Å²) in [4.78, 5) is 23.0. The molecule has 1 aliphatic carbocycles. The summed E-state index contributed by atoms with van der Waals surface area (Å²) in [6.07, 6.45) is 2.18. The Hall–Kier alpha value is -1.34. The summed E-state index contributed by atoms with van der Waals surface area (Å²) >= 11 is 2.98. The fraction of sp³-hybridized carbons (Fsp3) is 0.500. The van der Waals surface area contributed by atoms with Crippen LogP contribution in [0.5, 0.6) is 0 Å². The fourth-order valence-electron chi connectivity index (χ4n) is 2.07. The molecule has 0 radical (unpaired) electrons. The lowest BCUT2D eigenvalue weighted by atomic mass is 10.2. The van der Waals surface area contributed by atoms with E-state index in [0.717, 1.165) is 28.6 Å². The van der Waals surface area contributed by atoms with Crippen LogP contribution in [0.15, 0.2) is 5.16 Å². The average molecular weight is 322 g/mol. The summed E-state index contributed by atoms with van der Waals surface area (Å²) in [6, 6.07) is 0.372. The molecule has 3 N–H and O–H groups in total. The number of nitrogens with zero attached hydrogens (tertiary/aromatic N) is 2. The number of anilines is 1. The molecule has 0 spiro atoms. The van der Waals surface area contributed by atoms with Crippen molar-refractivity contribution >= 4 is 45.0 Å². The Morgan fingerprint density at radius 3 is 2.81 bits per heavy atom. The second-order valence-electron chi connectivity index (χ2n) is 5.40. The number of nitrogens with one attached hydrogen (secondary N) is 1. The van der Waals surface area contributed by atoms with Crippen molar-refractivity contribution < 1.29 is 4.79 Å². The largest absolute Gasteiger partial charge is 0.383 e. The van der Waals surface area contributed by atoms with Crippen molar-refractivity contribution in [3.8, 4) is 0 Å². The van der Waals surface area contributed by atoms with Crippen molar-refractivity contribution in [1.29, 1.82) is 0 Å². The summed E-state index contributed by atoms with van der Waals surface area (Å²) in [7, 11) is 0. The van der Waals surface area contributed by atoms with E-state index in [4.69, 9.17) is 5.73 Å². The number of rotatable bonds is 4. The van der Waals surface area contributed by atoms with Gasteiger partial charge in [0.25, 0.3) is 0 Å². The zero-order valence-corrected chi connectivity index (χ0v) is 13.9. The topological polar surface area (TPSA) is 80.9 Å². The maximum absolute atomic E-state index is 12.0. The SMILES string of the molecule is Cc1sc2nc(SC(C)C(=O)NC3CC3)nc(N)c2c1C. The average Bonchev–Trinajstić information content (AvgIpc) is 3.16. The van der Waals surface area contributed by atoms with E-state index in [9.17, 15) is 4.79 Å². The van der Waals surface area contributed by atoms with Gasteiger partial charge in [-0.25, -0.2) is 9.97 Å². The van der Waals surface area contributed by atoms with Crippen molar-refractivity contribution in [3.05, 3.63) is 10.4 Å². The van der Waals surface area contributed by atoms with Gasteiger partial charge in [-0.05, 0) is 39.2 Å². The number of aryl methyl sites for hydroxylation is 2. The molecule has 1 atom stereocenters. The Labute approximate surface area is 131 Å². The van der Waals surface area contributed by atoms with Gasteiger partial charge in [0.15, 0.2) is 5.16 Å². The minimum absolute atomic E-state index is 0.0447. The third kappa shape index (κ3) is 2.98. The number of hydrogen-bond donors (Lipinski definition) is 2. The van der Waals surface area contributed by atoms with E-state index >= 15 is 0 Å². The van der Waals surface area contributed by atoms with Gasteiger partial charge in [0.05, 0.1) is 10.6 Å². The molecule has 2 aromatic rings. The minimum Gasteiger partial charge on any atom is -0.383 e. The van der Waals surface area contributed by atoms with Gasteiger partial charge in [0, 0.05) is 10.9 Å². The van der Waals surface area contributed by atoms with Crippen LogP contribution in [0.4, 0.5) is 5.82 Å². The molecular formula is C14H18N4OS2. The van der Waals surface area contributed by atoms with E-state index in [1.165, 1.54) is 16.6 Å². The number of thiophene rings is 1. The lowest BCUT2D eigenvalue weighted by molar-refractivity contribution is -0.120. The first-order valence-electron chi connectivity index (χ1n) is 6.96. The molecular weight excluding hydrogens is 304 g/mol. The summed E-state index contributed by atoms with van der Waals surface area (Å²) in [6.45, 7) is 5.96. The maximum atomic E-state index is 12.0. The van der Waals surface area contributed by atoms with Crippen LogP contribution in [0.1, 0.15) is 30.2 Å². The molecule has 2 heterocycles. The molecule has 1 saturated carbocycles. The van der Waals surface area contributed by atoms with Crippen molar-refractivity contribution in [3.63, 3.8) is 0 Å². The first kappa shape index (κ1) is 14.6. The van der Waals surface area contributed by atoms with Crippen LogP contribution in [0.2, 0.25) is 0 Å². The molecule has 2 aromatic heterocycles. The zero-order valence-electron chi connectivity index (χ0n) is 12.3. The van der Waals surface area contributed by atoms with Gasteiger partial charge in [-0.2, -0.15) is 0 Å². The summed E-state index contributed by atoms with van der Waals surface area (Å²) in [5.41, 5.74) is 7.20. The quantitative estimate of drug-likeness (QED) is 0.668. The van der Waals surface area contributed by atoms with E-state index in [1.54, 1.807) is 11.3 Å². The van der Waals surface area contributed by atoms with E-state index in [2.05, 4.69) is 22.2 Å². The highest BCUT2D eigenvalue weighted by Crippen LogP contribution is 2.34. The maximum Gasteiger partial charge on any atom is 0.233 e. The number of hydrogen-bond acceptors (Lipinski definition) is 6. The standard InChI is InChI=1S/C14H18N4OS2/c1-6-7(2)20-13-10(6)11(15)17-14(18-13)21-8(3)12(19)16-9-4-5-9/h8-9H,4-5H2,1-3H3,(H,16,19)(H2,15,17,18). The number of carbonyl (C=O) groups is 1. The van der Waals surface area contributed by atoms with Crippen molar-refractivity contribution in [2.24, 2.45) is 0 Å². The molecule has 7 heteroatoms. The highest BCUT2D eigenvalue weighted by atomic mass is 32.2. The fourth-order valence-corrected chi connectivity index (χ4v) is 3.95. The molecule has 0 bridgehead atoms. The molecule has 1 aliphatic rings. The molecule has 5 nitrogen and oxygen atoms in total. The zero-order chi connectivity index (χ0) is 15.1. The van der Waals surface area contributed by atoms with Crippen LogP contribution < -0.4 is 11.1 Å². The number of amides is 1. The van der Waals surface area contributed by atoms with E-state index in [1.807, 2.05) is 13.8 Å². The monoisotopic (exact) mass is 322 g/mol. The number of aromatic nitrogens is 2.